The van der Waals surface area contributed by atoms with Crippen LogP contribution in [0.15, 0.2) is 62.9 Å². The van der Waals surface area contributed by atoms with Gasteiger partial charge in [-0.3, -0.25) is 4.57 Å². The predicted octanol–water partition coefficient (Wildman–Crippen LogP) is 4.12. The monoisotopic (exact) mass is 448 g/mol. The molecule has 0 atom stereocenters. The predicted molar refractivity (Wildman–Crippen MR) is 126 cm³/mol. The minimum Gasteiger partial charge on any atom is -0.423 e. The van der Waals surface area contributed by atoms with Gasteiger partial charge in [0.1, 0.15) is 5.58 Å². The van der Waals surface area contributed by atoms with E-state index in [2.05, 4.69) is 38.7 Å². The summed E-state index contributed by atoms with van der Waals surface area (Å²) in [4.78, 5) is 14.4. The van der Waals surface area contributed by atoms with Gasteiger partial charge < -0.3 is 14.1 Å². The summed E-state index contributed by atoms with van der Waals surface area (Å²) in [6.45, 7) is 6.98. The first kappa shape index (κ1) is 20.8. The third-order valence-electron chi connectivity index (χ3n) is 5.61. The van der Waals surface area contributed by atoms with E-state index in [0.29, 0.717) is 24.5 Å². The van der Waals surface area contributed by atoms with Crippen molar-refractivity contribution in [3.8, 4) is 5.69 Å². The lowest BCUT2D eigenvalue weighted by Crippen LogP contribution is -2.38. The fourth-order valence-electron chi connectivity index (χ4n) is 3.95. The second kappa shape index (κ2) is 8.80. The number of rotatable bonds is 5. The van der Waals surface area contributed by atoms with E-state index in [1.54, 1.807) is 17.8 Å². The summed E-state index contributed by atoms with van der Waals surface area (Å²) in [5.74, 6) is 1.40. The highest BCUT2D eigenvalue weighted by Crippen LogP contribution is 2.32. The van der Waals surface area contributed by atoms with Gasteiger partial charge in [0.25, 0.3) is 0 Å². The Morgan fingerprint density at radius 3 is 2.66 bits per heavy atom. The van der Waals surface area contributed by atoms with Gasteiger partial charge in [0.2, 0.25) is 5.95 Å². The molecule has 3 heterocycles. The number of benzene rings is 2. The Morgan fingerprint density at radius 2 is 1.84 bits per heavy atom. The summed E-state index contributed by atoms with van der Waals surface area (Å²) in [6, 6.07) is 15.7. The number of morpholine rings is 1. The first-order valence-corrected chi connectivity index (χ1v) is 11.6. The molecule has 7 nitrogen and oxygen atoms in total. The van der Waals surface area contributed by atoms with Crippen LogP contribution < -0.4 is 10.5 Å². The van der Waals surface area contributed by atoms with Crippen LogP contribution in [0.4, 0.5) is 5.95 Å². The van der Waals surface area contributed by atoms with Gasteiger partial charge >= 0.3 is 5.63 Å². The molecule has 2 aromatic carbocycles. The number of hydrogen-bond donors (Lipinski definition) is 0. The standard InChI is InChI=1S/C24H24N4O3S/c1-16-7-8-19-18(14-22(29)31-21(19)13-16)15-32-24-26-25-23(27-9-11-30-12-10-27)28(24)20-6-4-3-5-17(20)2/h3-8,13-14H,9-12,15H2,1-2H3. The van der Waals surface area contributed by atoms with Crippen LogP contribution in [0.25, 0.3) is 16.7 Å². The van der Waals surface area contributed by atoms with Gasteiger partial charge in [0, 0.05) is 30.3 Å². The zero-order valence-electron chi connectivity index (χ0n) is 18.1. The maximum atomic E-state index is 12.1. The Morgan fingerprint density at radius 1 is 1.03 bits per heavy atom. The number of hydrogen-bond acceptors (Lipinski definition) is 7. The number of para-hydroxylation sites is 1. The molecule has 0 N–H and O–H groups in total. The molecular formula is C24H24N4O3S. The number of thioether (sulfide) groups is 1. The molecule has 5 rings (SSSR count). The first-order chi connectivity index (χ1) is 15.6. The summed E-state index contributed by atoms with van der Waals surface area (Å²) in [6.07, 6.45) is 0. The number of anilines is 1. The Balaban J connectivity index is 1.53. The van der Waals surface area contributed by atoms with Gasteiger partial charge in [-0.2, -0.15) is 0 Å². The average molecular weight is 449 g/mol. The lowest BCUT2D eigenvalue weighted by atomic mass is 10.1. The summed E-state index contributed by atoms with van der Waals surface area (Å²) in [5.41, 5.74) is 4.45. The molecule has 32 heavy (non-hydrogen) atoms. The molecule has 4 aromatic rings. The molecule has 1 fully saturated rings. The van der Waals surface area contributed by atoms with E-state index in [1.807, 2.05) is 37.3 Å². The second-order valence-corrected chi connectivity index (χ2v) is 8.83. The van der Waals surface area contributed by atoms with Crippen LogP contribution in [-0.2, 0) is 10.5 Å². The summed E-state index contributed by atoms with van der Waals surface area (Å²) < 4.78 is 13.0. The van der Waals surface area contributed by atoms with Crippen LogP contribution in [0.1, 0.15) is 16.7 Å². The van der Waals surface area contributed by atoms with Crippen molar-refractivity contribution in [2.75, 3.05) is 31.2 Å². The van der Waals surface area contributed by atoms with E-state index in [-0.39, 0.29) is 5.63 Å². The smallest absolute Gasteiger partial charge is 0.336 e. The normalized spacial score (nSPS) is 14.2. The fourth-order valence-corrected chi connectivity index (χ4v) is 4.88. The summed E-state index contributed by atoms with van der Waals surface area (Å²) >= 11 is 1.57. The lowest BCUT2D eigenvalue weighted by Gasteiger charge is -2.28. The van der Waals surface area contributed by atoms with Crippen molar-refractivity contribution in [1.29, 1.82) is 0 Å². The number of ether oxygens (including phenoxy) is 1. The van der Waals surface area contributed by atoms with E-state index >= 15 is 0 Å². The van der Waals surface area contributed by atoms with Crippen molar-refractivity contribution in [2.24, 2.45) is 0 Å². The molecule has 1 aliphatic heterocycles. The van der Waals surface area contributed by atoms with E-state index in [1.165, 1.54) is 0 Å². The van der Waals surface area contributed by atoms with Gasteiger partial charge in [-0.25, -0.2) is 4.79 Å². The van der Waals surface area contributed by atoms with Crippen LogP contribution >= 0.6 is 11.8 Å². The molecule has 0 unspecified atom stereocenters. The second-order valence-electron chi connectivity index (χ2n) is 7.88. The van der Waals surface area contributed by atoms with E-state index in [4.69, 9.17) is 9.15 Å². The molecule has 0 bridgehead atoms. The van der Waals surface area contributed by atoms with Crippen LogP contribution in [0.3, 0.4) is 0 Å². The van der Waals surface area contributed by atoms with Gasteiger partial charge in [-0.1, -0.05) is 42.1 Å². The first-order valence-electron chi connectivity index (χ1n) is 10.6. The molecule has 2 aromatic heterocycles. The summed E-state index contributed by atoms with van der Waals surface area (Å²) in [7, 11) is 0. The van der Waals surface area contributed by atoms with E-state index in [9.17, 15) is 4.79 Å². The molecule has 164 valence electrons. The molecule has 0 amide bonds. The molecule has 1 saturated heterocycles. The van der Waals surface area contributed by atoms with Crippen LogP contribution in [-0.4, -0.2) is 41.1 Å². The Bertz CT molecular complexity index is 1320. The molecular weight excluding hydrogens is 424 g/mol. The quantitative estimate of drug-likeness (QED) is 0.336. The number of aryl methyl sites for hydroxylation is 2. The molecule has 1 aliphatic rings. The van der Waals surface area contributed by atoms with Crippen LogP contribution in [0.5, 0.6) is 0 Å². The van der Waals surface area contributed by atoms with Crippen LogP contribution in [0, 0.1) is 13.8 Å². The van der Waals surface area contributed by atoms with Gasteiger partial charge in [0.15, 0.2) is 5.16 Å². The lowest BCUT2D eigenvalue weighted by molar-refractivity contribution is 0.122. The molecule has 0 saturated carbocycles. The Hall–Kier alpha value is -3.10. The Labute approximate surface area is 190 Å². The third kappa shape index (κ3) is 4.03. The molecule has 0 aliphatic carbocycles. The molecule has 0 radical (unpaired) electrons. The highest BCUT2D eigenvalue weighted by atomic mass is 32.2. The minimum atomic E-state index is -0.340. The minimum absolute atomic E-state index is 0.340. The highest BCUT2D eigenvalue weighted by Gasteiger charge is 2.23. The molecule has 8 heteroatoms. The average Bonchev–Trinajstić information content (AvgIpc) is 3.21. The van der Waals surface area contributed by atoms with Crippen LogP contribution in [0.2, 0.25) is 0 Å². The number of nitrogens with zero attached hydrogens (tertiary/aromatic N) is 4. The van der Waals surface area contributed by atoms with E-state index in [0.717, 1.165) is 52.0 Å². The van der Waals surface area contributed by atoms with Crippen molar-refractivity contribution in [3.05, 3.63) is 75.6 Å². The zero-order valence-corrected chi connectivity index (χ0v) is 18.9. The van der Waals surface area contributed by atoms with Gasteiger partial charge in [-0.05, 0) is 42.7 Å². The SMILES string of the molecule is Cc1ccc2c(CSc3nnc(N4CCOCC4)n3-c3ccccc3C)cc(=O)oc2c1. The maximum Gasteiger partial charge on any atom is 0.336 e. The number of fused-ring (bicyclic) bond motifs is 1. The maximum absolute atomic E-state index is 12.1. The third-order valence-corrected chi connectivity index (χ3v) is 6.59. The zero-order chi connectivity index (χ0) is 22.1. The van der Waals surface area contributed by atoms with Crippen molar-refractivity contribution in [1.82, 2.24) is 14.8 Å². The summed E-state index contributed by atoms with van der Waals surface area (Å²) in [5, 5.41) is 10.8. The van der Waals surface area contributed by atoms with E-state index < -0.39 is 0 Å². The largest absolute Gasteiger partial charge is 0.423 e. The Kier molecular flexibility index (Phi) is 5.71. The van der Waals surface area contributed by atoms with Gasteiger partial charge in [0.05, 0.1) is 18.9 Å². The number of aromatic nitrogens is 3. The fraction of sp³-hybridized carbons (Fsp3) is 0.292. The van der Waals surface area contributed by atoms with Crippen molar-refractivity contribution >= 4 is 28.7 Å². The topological polar surface area (TPSA) is 73.4 Å². The van der Waals surface area contributed by atoms with Gasteiger partial charge in [-0.15, -0.1) is 10.2 Å². The highest BCUT2D eigenvalue weighted by molar-refractivity contribution is 7.98. The van der Waals surface area contributed by atoms with Crippen molar-refractivity contribution in [2.45, 2.75) is 24.8 Å². The van der Waals surface area contributed by atoms with Crippen molar-refractivity contribution < 1.29 is 9.15 Å². The molecule has 0 spiro atoms. The van der Waals surface area contributed by atoms with Crippen molar-refractivity contribution in [3.63, 3.8) is 0 Å².